The summed E-state index contributed by atoms with van der Waals surface area (Å²) in [6.07, 6.45) is 3.31. The van der Waals surface area contributed by atoms with Crippen LogP contribution in [0, 0.1) is 6.92 Å². The molecule has 0 fully saturated rings. The molecule has 1 unspecified atom stereocenters. The first-order valence-electron chi connectivity index (χ1n) is 6.42. The fourth-order valence-corrected chi connectivity index (χ4v) is 3.32. The van der Waals surface area contributed by atoms with Crippen LogP contribution < -0.4 is 4.72 Å². The molecule has 0 aliphatic heterocycles. The van der Waals surface area contributed by atoms with Crippen molar-refractivity contribution in [2.24, 2.45) is 0 Å². The summed E-state index contributed by atoms with van der Waals surface area (Å²) in [7, 11) is -3.37. The van der Waals surface area contributed by atoms with Crippen LogP contribution >= 0.6 is 0 Å². The number of pyridine rings is 1. The largest absolute Gasteiger partial charge is 0.265 e. The monoisotopic (exact) mass is 290 g/mol. The number of nitrogens with zero attached hydrogens (tertiary/aromatic N) is 1. The highest BCUT2D eigenvalue weighted by Gasteiger charge is 2.16. The zero-order chi connectivity index (χ0) is 14.6. The quantitative estimate of drug-likeness (QED) is 0.920. The Morgan fingerprint density at radius 1 is 1.10 bits per heavy atom. The van der Waals surface area contributed by atoms with Crippen LogP contribution in [0.1, 0.15) is 29.7 Å². The highest BCUT2D eigenvalue weighted by molar-refractivity contribution is 7.88. The lowest BCUT2D eigenvalue weighted by Crippen LogP contribution is -2.28. The second-order valence-electron chi connectivity index (χ2n) is 4.86. The van der Waals surface area contributed by atoms with E-state index < -0.39 is 10.0 Å². The second kappa shape index (κ2) is 6.15. The Kier molecular flexibility index (Phi) is 4.52. The Morgan fingerprint density at radius 3 is 2.30 bits per heavy atom. The van der Waals surface area contributed by atoms with E-state index in [1.165, 1.54) is 0 Å². The Balaban J connectivity index is 2.06. The van der Waals surface area contributed by atoms with E-state index in [9.17, 15) is 8.42 Å². The summed E-state index contributed by atoms with van der Waals surface area (Å²) >= 11 is 0. The van der Waals surface area contributed by atoms with E-state index in [0.29, 0.717) is 0 Å². The Hall–Kier alpha value is -1.72. The standard InChI is InChI=1S/C15H18N2O2S/c1-12-3-5-14(6-4-12)11-20(18,19)17-13(2)15-7-9-16-10-8-15/h3-10,13,17H,11H2,1-2H3. The minimum absolute atomic E-state index is 0.0112. The molecule has 1 atom stereocenters. The molecule has 0 amide bonds. The molecule has 0 aliphatic rings. The van der Waals surface area contributed by atoms with Crippen molar-refractivity contribution in [3.8, 4) is 0 Å². The topological polar surface area (TPSA) is 59.1 Å². The van der Waals surface area contributed by atoms with Gasteiger partial charge in [-0.3, -0.25) is 4.98 Å². The summed E-state index contributed by atoms with van der Waals surface area (Å²) < 4.78 is 27.0. The van der Waals surface area contributed by atoms with Gasteiger partial charge in [-0.2, -0.15) is 0 Å². The van der Waals surface area contributed by atoms with Crippen LogP contribution in [0.3, 0.4) is 0 Å². The number of aryl methyl sites for hydroxylation is 1. The highest BCUT2D eigenvalue weighted by Crippen LogP contribution is 2.14. The van der Waals surface area contributed by atoms with Gasteiger partial charge in [0, 0.05) is 18.4 Å². The molecule has 1 heterocycles. The number of benzene rings is 1. The summed E-state index contributed by atoms with van der Waals surface area (Å²) in [6.45, 7) is 3.80. The molecule has 0 aliphatic carbocycles. The summed E-state index contributed by atoms with van der Waals surface area (Å²) in [5, 5.41) is 0. The number of hydrogen-bond acceptors (Lipinski definition) is 3. The maximum absolute atomic E-state index is 12.1. The van der Waals surface area contributed by atoms with Crippen LogP contribution in [-0.2, 0) is 15.8 Å². The van der Waals surface area contributed by atoms with E-state index in [1.54, 1.807) is 24.5 Å². The van der Waals surface area contributed by atoms with Crippen LogP contribution in [0.15, 0.2) is 48.8 Å². The van der Waals surface area contributed by atoms with Crippen molar-refractivity contribution in [2.45, 2.75) is 25.6 Å². The van der Waals surface area contributed by atoms with E-state index in [0.717, 1.165) is 16.7 Å². The lowest BCUT2D eigenvalue weighted by atomic mass is 10.1. The molecule has 0 bridgehead atoms. The first-order valence-corrected chi connectivity index (χ1v) is 8.07. The van der Waals surface area contributed by atoms with Crippen molar-refractivity contribution < 1.29 is 8.42 Å². The number of sulfonamides is 1. The molecule has 5 heteroatoms. The number of rotatable bonds is 5. The van der Waals surface area contributed by atoms with Gasteiger partial charge in [0.05, 0.1) is 5.75 Å². The van der Waals surface area contributed by atoms with Crippen molar-refractivity contribution in [3.05, 3.63) is 65.5 Å². The smallest absolute Gasteiger partial charge is 0.216 e. The Labute approximate surface area is 119 Å². The molecule has 1 N–H and O–H groups in total. The molecule has 1 aromatic heterocycles. The number of aromatic nitrogens is 1. The van der Waals surface area contributed by atoms with Gasteiger partial charge in [0.1, 0.15) is 0 Å². The van der Waals surface area contributed by atoms with Gasteiger partial charge in [0.25, 0.3) is 0 Å². The Morgan fingerprint density at radius 2 is 1.70 bits per heavy atom. The van der Waals surface area contributed by atoms with Gasteiger partial charge in [0.2, 0.25) is 10.0 Å². The SMILES string of the molecule is Cc1ccc(CS(=O)(=O)NC(C)c2ccncc2)cc1. The molecule has 1 aromatic carbocycles. The van der Waals surface area contributed by atoms with E-state index in [1.807, 2.05) is 38.1 Å². The molecule has 2 aromatic rings. The minimum Gasteiger partial charge on any atom is -0.265 e. The third-order valence-electron chi connectivity index (χ3n) is 3.04. The summed E-state index contributed by atoms with van der Waals surface area (Å²) in [5.41, 5.74) is 2.79. The van der Waals surface area contributed by atoms with Gasteiger partial charge in [-0.1, -0.05) is 29.8 Å². The summed E-state index contributed by atoms with van der Waals surface area (Å²) in [4.78, 5) is 3.92. The average Bonchev–Trinajstić information content (AvgIpc) is 2.41. The van der Waals surface area contributed by atoms with Crippen molar-refractivity contribution >= 4 is 10.0 Å². The van der Waals surface area contributed by atoms with Gasteiger partial charge in [-0.25, -0.2) is 13.1 Å². The van der Waals surface area contributed by atoms with Crippen molar-refractivity contribution in [3.63, 3.8) is 0 Å². The van der Waals surface area contributed by atoms with Crippen LogP contribution in [0.2, 0.25) is 0 Å². The first kappa shape index (κ1) is 14.7. The second-order valence-corrected chi connectivity index (χ2v) is 6.62. The Bertz CT molecular complexity index is 652. The van der Waals surface area contributed by atoms with Crippen LogP contribution in [0.5, 0.6) is 0 Å². The maximum Gasteiger partial charge on any atom is 0.216 e. The third kappa shape index (κ3) is 4.15. The molecule has 0 radical (unpaired) electrons. The van der Waals surface area contributed by atoms with Gasteiger partial charge in [-0.15, -0.1) is 0 Å². The van der Waals surface area contributed by atoms with Crippen LogP contribution in [-0.4, -0.2) is 13.4 Å². The predicted octanol–water partition coefficient (Wildman–Crippen LogP) is 2.57. The van der Waals surface area contributed by atoms with Gasteiger partial charge < -0.3 is 0 Å². The fourth-order valence-electron chi connectivity index (χ4n) is 1.93. The van der Waals surface area contributed by atoms with Crippen molar-refractivity contribution in [1.29, 1.82) is 0 Å². The van der Waals surface area contributed by atoms with E-state index in [2.05, 4.69) is 9.71 Å². The number of hydrogen-bond donors (Lipinski definition) is 1. The molecule has 4 nitrogen and oxygen atoms in total. The van der Waals surface area contributed by atoms with Crippen molar-refractivity contribution in [1.82, 2.24) is 9.71 Å². The van der Waals surface area contributed by atoms with Crippen molar-refractivity contribution in [2.75, 3.05) is 0 Å². The molecular weight excluding hydrogens is 272 g/mol. The normalized spacial score (nSPS) is 13.1. The first-order chi connectivity index (χ1) is 9.46. The predicted molar refractivity (Wildman–Crippen MR) is 79.6 cm³/mol. The fraction of sp³-hybridized carbons (Fsp3) is 0.267. The number of nitrogens with one attached hydrogen (secondary N) is 1. The van der Waals surface area contributed by atoms with Gasteiger partial charge in [0.15, 0.2) is 0 Å². The molecule has 2 rings (SSSR count). The molecule has 0 saturated carbocycles. The molecule has 20 heavy (non-hydrogen) atoms. The highest BCUT2D eigenvalue weighted by atomic mass is 32.2. The molecule has 0 spiro atoms. The minimum atomic E-state index is -3.37. The summed E-state index contributed by atoms with van der Waals surface area (Å²) in [5.74, 6) is -0.0112. The van der Waals surface area contributed by atoms with E-state index in [4.69, 9.17) is 0 Å². The van der Waals surface area contributed by atoms with Gasteiger partial charge in [-0.05, 0) is 37.1 Å². The lowest BCUT2D eigenvalue weighted by molar-refractivity contribution is 0.566. The van der Waals surface area contributed by atoms with E-state index in [-0.39, 0.29) is 11.8 Å². The summed E-state index contributed by atoms with van der Waals surface area (Å²) in [6, 6.07) is 10.8. The lowest BCUT2D eigenvalue weighted by Gasteiger charge is -2.14. The molecule has 106 valence electrons. The molecular formula is C15H18N2O2S. The molecule has 0 saturated heterocycles. The van der Waals surface area contributed by atoms with Gasteiger partial charge >= 0.3 is 0 Å². The maximum atomic E-state index is 12.1. The zero-order valence-corrected chi connectivity index (χ0v) is 12.4. The zero-order valence-electron chi connectivity index (χ0n) is 11.6. The average molecular weight is 290 g/mol. The van der Waals surface area contributed by atoms with Crippen LogP contribution in [0.25, 0.3) is 0 Å². The third-order valence-corrected chi connectivity index (χ3v) is 4.47. The van der Waals surface area contributed by atoms with Crippen LogP contribution in [0.4, 0.5) is 0 Å². The van der Waals surface area contributed by atoms with E-state index >= 15 is 0 Å².